The highest BCUT2D eigenvalue weighted by atomic mass is 35.5. The van der Waals surface area contributed by atoms with E-state index in [1.807, 2.05) is 0 Å². The molecule has 5 heteroatoms. The quantitative estimate of drug-likeness (QED) is 0.473. The zero-order valence-corrected chi connectivity index (χ0v) is 11.2. The molecule has 0 aliphatic heterocycles. The molecule has 0 radical (unpaired) electrons. The number of hydrogen-bond acceptors (Lipinski definition) is 3. The van der Waals surface area contributed by atoms with Gasteiger partial charge in [0.25, 0.3) is 0 Å². The number of halogens is 2. The number of benzene rings is 1. The van der Waals surface area contributed by atoms with Crippen molar-refractivity contribution in [2.75, 3.05) is 6.61 Å². The summed E-state index contributed by atoms with van der Waals surface area (Å²) in [5, 5.41) is 8.99. The van der Waals surface area contributed by atoms with Gasteiger partial charge in [0.2, 0.25) is 0 Å². The molecule has 0 heterocycles. The molecule has 0 atom stereocenters. The molecule has 0 amide bonds. The maximum atomic E-state index is 12.8. The molecule has 3 nitrogen and oxygen atoms in total. The second-order valence-corrected chi connectivity index (χ2v) is 4.15. The van der Waals surface area contributed by atoms with Crippen LogP contribution in [0.2, 0.25) is 0 Å². The maximum Gasteiger partial charge on any atom is 0.350 e. The van der Waals surface area contributed by atoms with Crippen LogP contribution in [0, 0.1) is 11.3 Å². The van der Waals surface area contributed by atoms with Gasteiger partial charge in [-0.2, -0.15) is 5.26 Å². The highest BCUT2D eigenvalue weighted by Crippen LogP contribution is 2.20. The molecular formula is C14H13ClFNO2. The van der Waals surface area contributed by atoms with Crippen LogP contribution in [0.3, 0.4) is 0 Å². The number of allylic oxidation sites excluding steroid dienone is 1. The first kappa shape index (κ1) is 15.2. The fraction of sp³-hybridized carbons (Fsp3) is 0.286. The Labute approximate surface area is 116 Å². The highest BCUT2D eigenvalue weighted by molar-refractivity contribution is 6.32. The van der Waals surface area contributed by atoms with Gasteiger partial charge in [-0.25, -0.2) is 9.18 Å². The average Bonchev–Trinajstić information content (AvgIpc) is 2.40. The van der Waals surface area contributed by atoms with Gasteiger partial charge in [0.15, 0.2) is 5.57 Å². The molecule has 100 valence electrons. The largest absolute Gasteiger partial charge is 0.462 e. The number of rotatable bonds is 5. The van der Waals surface area contributed by atoms with E-state index in [1.165, 1.54) is 0 Å². The van der Waals surface area contributed by atoms with Gasteiger partial charge in [-0.05, 0) is 18.1 Å². The summed E-state index contributed by atoms with van der Waals surface area (Å²) in [6, 6.07) is 8.52. The Morgan fingerprint density at radius 3 is 2.58 bits per heavy atom. The Morgan fingerprint density at radius 2 is 2.05 bits per heavy atom. The van der Waals surface area contributed by atoms with Crippen LogP contribution in [0.25, 0.3) is 0 Å². The highest BCUT2D eigenvalue weighted by Gasteiger charge is 2.16. The van der Waals surface area contributed by atoms with Crippen molar-refractivity contribution in [3.63, 3.8) is 0 Å². The molecule has 1 aromatic rings. The Hall–Kier alpha value is -1.86. The minimum Gasteiger partial charge on any atom is -0.462 e. The van der Waals surface area contributed by atoms with E-state index < -0.39 is 12.6 Å². The molecule has 0 saturated carbocycles. The van der Waals surface area contributed by atoms with Crippen molar-refractivity contribution in [3.8, 4) is 6.07 Å². The van der Waals surface area contributed by atoms with E-state index in [0.717, 1.165) is 0 Å². The van der Waals surface area contributed by atoms with Gasteiger partial charge in [0, 0.05) is 11.5 Å². The van der Waals surface area contributed by atoms with Crippen molar-refractivity contribution in [2.24, 2.45) is 0 Å². The molecule has 0 spiro atoms. The SMILES string of the molecule is CCOC(=O)C(C#N)=C(Cl)Cc1ccccc1CF. The summed E-state index contributed by atoms with van der Waals surface area (Å²) < 4.78 is 17.5. The number of carbonyl (C=O) groups excluding carboxylic acids is 1. The van der Waals surface area contributed by atoms with E-state index >= 15 is 0 Å². The lowest BCUT2D eigenvalue weighted by atomic mass is 10.0. The molecule has 19 heavy (non-hydrogen) atoms. The molecule has 1 rings (SSSR count). The van der Waals surface area contributed by atoms with Crippen LogP contribution in [-0.2, 0) is 22.6 Å². The molecule has 0 saturated heterocycles. The molecule has 0 N–H and O–H groups in total. The zero-order chi connectivity index (χ0) is 14.3. The van der Waals surface area contributed by atoms with E-state index in [-0.39, 0.29) is 23.6 Å². The Kier molecular flexibility index (Phi) is 6.04. The fourth-order valence-electron chi connectivity index (χ4n) is 1.54. The van der Waals surface area contributed by atoms with Crippen molar-refractivity contribution >= 4 is 17.6 Å². The van der Waals surface area contributed by atoms with Crippen LogP contribution in [-0.4, -0.2) is 12.6 Å². The third-order valence-corrected chi connectivity index (χ3v) is 2.79. The van der Waals surface area contributed by atoms with Crippen molar-refractivity contribution in [1.82, 2.24) is 0 Å². The van der Waals surface area contributed by atoms with Gasteiger partial charge >= 0.3 is 5.97 Å². The van der Waals surface area contributed by atoms with E-state index in [9.17, 15) is 9.18 Å². The maximum absolute atomic E-state index is 12.8. The first-order valence-corrected chi connectivity index (χ1v) is 6.10. The lowest BCUT2D eigenvalue weighted by Gasteiger charge is -2.07. The minimum absolute atomic E-state index is 0.0573. The Morgan fingerprint density at radius 1 is 1.42 bits per heavy atom. The van der Waals surface area contributed by atoms with E-state index in [1.54, 1.807) is 37.3 Å². The monoisotopic (exact) mass is 281 g/mol. The standard InChI is InChI=1S/C14H13ClFNO2/c1-2-19-14(18)12(9-17)13(15)7-10-5-3-4-6-11(10)8-16/h3-6H,2,7-8H2,1H3. The zero-order valence-electron chi connectivity index (χ0n) is 10.5. The molecular weight excluding hydrogens is 269 g/mol. The summed E-state index contributed by atoms with van der Waals surface area (Å²) in [4.78, 5) is 11.5. The summed E-state index contributed by atoms with van der Waals surface area (Å²) in [7, 11) is 0. The second-order valence-electron chi connectivity index (χ2n) is 3.69. The van der Waals surface area contributed by atoms with Gasteiger partial charge in [-0.3, -0.25) is 0 Å². The normalized spacial score (nSPS) is 11.5. The van der Waals surface area contributed by atoms with Crippen LogP contribution in [0.1, 0.15) is 18.1 Å². The number of esters is 1. The van der Waals surface area contributed by atoms with E-state index in [2.05, 4.69) is 0 Å². The topological polar surface area (TPSA) is 50.1 Å². The number of carbonyl (C=O) groups is 1. The molecule has 1 aromatic carbocycles. The third-order valence-electron chi connectivity index (χ3n) is 2.47. The van der Waals surface area contributed by atoms with Crippen LogP contribution in [0.4, 0.5) is 4.39 Å². The molecule has 0 fully saturated rings. The van der Waals surface area contributed by atoms with Crippen molar-refractivity contribution in [1.29, 1.82) is 5.26 Å². The predicted octanol–water partition coefficient (Wildman–Crippen LogP) is 3.28. The van der Waals surface area contributed by atoms with E-state index in [4.69, 9.17) is 21.6 Å². The first-order chi connectivity index (χ1) is 9.13. The van der Waals surface area contributed by atoms with Crippen molar-refractivity contribution < 1.29 is 13.9 Å². The Bertz CT molecular complexity index is 534. The van der Waals surface area contributed by atoms with Crippen molar-refractivity contribution in [2.45, 2.75) is 20.0 Å². The number of nitriles is 1. The summed E-state index contributed by atoms with van der Waals surface area (Å²) in [6.45, 7) is 1.18. The lowest BCUT2D eigenvalue weighted by Crippen LogP contribution is -2.08. The number of hydrogen-bond donors (Lipinski definition) is 0. The smallest absolute Gasteiger partial charge is 0.350 e. The molecule has 0 aliphatic carbocycles. The first-order valence-electron chi connectivity index (χ1n) is 5.72. The minimum atomic E-state index is -0.757. The number of nitrogens with zero attached hydrogens (tertiary/aromatic N) is 1. The van der Waals surface area contributed by atoms with E-state index in [0.29, 0.717) is 11.1 Å². The number of alkyl halides is 1. The molecule has 0 bridgehead atoms. The average molecular weight is 282 g/mol. The van der Waals surface area contributed by atoms with Crippen LogP contribution in [0.15, 0.2) is 34.9 Å². The van der Waals surface area contributed by atoms with Gasteiger partial charge in [0.05, 0.1) is 6.61 Å². The van der Waals surface area contributed by atoms with Gasteiger partial charge in [-0.1, -0.05) is 35.9 Å². The molecule has 0 unspecified atom stereocenters. The molecule has 0 aromatic heterocycles. The predicted molar refractivity (Wildman–Crippen MR) is 70.1 cm³/mol. The molecule has 0 aliphatic rings. The van der Waals surface area contributed by atoms with Crippen LogP contribution in [0.5, 0.6) is 0 Å². The van der Waals surface area contributed by atoms with Crippen LogP contribution >= 0.6 is 11.6 Å². The third kappa shape index (κ3) is 4.08. The summed E-state index contributed by atoms with van der Waals surface area (Å²) in [6.07, 6.45) is 0.128. The van der Waals surface area contributed by atoms with Gasteiger partial charge < -0.3 is 4.74 Å². The summed E-state index contributed by atoms with van der Waals surface area (Å²) in [5.74, 6) is -0.757. The summed E-state index contributed by atoms with van der Waals surface area (Å²) >= 11 is 5.97. The lowest BCUT2D eigenvalue weighted by molar-refractivity contribution is -0.138. The fourth-order valence-corrected chi connectivity index (χ4v) is 1.80. The van der Waals surface area contributed by atoms with Crippen molar-refractivity contribution in [3.05, 3.63) is 46.0 Å². The van der Waals surface area contributed by atoms with Gasteiger partial charge in [-0.15, -0.1) is 0 Å². The van der Waals surface area contributed by atoms with Crippen LogP contribution < -0.4 is 0 Å². The number of ether oxygens (including phenoxy) is 1. The second kappa shape index (κ2) is 7.55. The Balaban J connectivity index is 3.02. The van der Waals surface area contributed by atoms with Gasteiger partial charge in [0.1, 0.15) is 12.7 Å². The summed E-state index contributed by atoms with van der Waals surface area (Å²) in [5.41, 5.74) is 0.894.